The van der Waals surface area contributed by atoms with Crippen molar-refractivity contribution in [1.82, 2.24) is 9.80 Å². The van der Waals surface area contributed by atoms with E-state index in [4.69, 9.17) is 16.3 Å². The van der Waals surface area contributed by atoms with Crippen molar-refractivity contribution in [2.24, 2.45) is 0 Å². The summed E-state index contributed by atoms with van der Waals surface area (Å²) in [5, 5.41) is 0.685. The van der Waals surface area contributed by atoms with Gasteiger partial charge in [-0.1, -0.05) is 60.5 Å². The van der Waals surface area contributed by atoms with Gasteiger partial charge >= 0.3 is 0 Å². The molecular weight excluding hydrogens is 522 g/mol. The molecule has 3 aliphatic rings. The second-order valence-corrected chi connectivity index (χ2v) is 11.2. The van der Waals surface area contributed by atoms with Crippen LogP contribution in [0.1, 0.15) is 47.2 Å². The first-order valence-corrected chi connectivity index (χ1v) is 14.6. The predicted octanol–water partition coefficient (Wildman–Crippen LogP) is 6.01. The number of rotatable bonds is 5. The van der Waals surface area contributed by atoms with Gasteiger partial charge in [-0.25, -0.2) is 0 Å². The van der Waals surface area contributed by atoms with Gasteiger partial charge in [0, 0.05) is 49.0 Å². The lowest BCUT2D eigenvalue weighted by Gasteiger charge is -2.44. The van der Waals surface area contributed by atoms with Crippen molar-refractivity contribution in [3.05, 3.63) is 106 Å². The second-order valence-electron chi connectivity index (χ2n) is 10.8. The fourth-order valence-electron chi connectivity index (χ4n) is 6.01. The van der Waals surface area contributed by atoms with Crippen molar-refractivity contribution in [3.63, 3.8) is 0 Å². The van der Waals surface area contributed by atoms with E-state index < -0.39 is 0 Å². The van der Waals surface area contributed by atoms with E-state index in [0.717, 1.165) is 49.9 Å². The molecule has 0 N–H and O–H groups in total. The Morgan fingerprint density at radius 1 is 0.875 bits per heavy atom. The zero-order chi connectivity index (χ0) is 27.5. The minimum Gasteiger partial charge on any atom is -0.482 e. The molecule has 0 aromatic heterocycles. The largest absolute Gasteiger partial charge is 0.482 e. The molecule has 0 bridgehead atoms. The number of amides is 2. The normalized spacial score (nSPS) is 22.2. The van der Waals surface area contributed by atoms with Crippen LogP contribution in [0.25, 0.3) is 6.08 Å². The van der Waals surface area contributed by atoms with E-state index >= 15 is 0 Å². The number of fused-ring (bicyclic) bond motifs is 1. The molecular formula is C33H34ClN3O3. The average molecular weight is 556 g/mol. The van der Waals surface area contributed by atoms with Gasteiger partial charge in [0.15, 0.2) is 5.76 Å². The number of hydrogen-bond acceptors (Lipinski definition) is 4. The molecule has 6 rings (SSSR count). The quantitative estimate of drug-likeness (QED) is 0.362. The highest BCUT2D eigenvalue weighted by Crippen LogP contribution is 2.34. The van der Waals surface area contributed by atoms with Gasteiger partial charge in [0.25, 0.3) is 11.8 Å². The standard InChI is InChI=1S/C33H34ClN3O3/c34-27-16-12-25(13-17-27)23-37-29-8-4-5-9-30(29)40-31(33(37)39)22-24-10-14-26(15-11-24)32(38)36-20-18-35(19-21-36)28-6-2-1-3-7-28/h1-3,6-7,10-17,22,29-30H,4-5,8-9,18-21,23H2/b31-22-. The summed E-state index contributed by atoms with van der Waals surface area (Å²) in [4.78, 5) is 33.0. The molecule has 206 valence electrons. The Labute approximate surface area is 240 Å². The highest BCUT2D eigenvalue weighted by molar-refractivity contribution is 6.30. The van der Waals surface area contributed by atoms with Crippen LogP contribution in [-0.2, 0) is 16.1 Å². The van der Waals surface area contributed by atoms with E-state index in [1.807, 2.05) is 82.6 Å². The number of benzene rings is 3. The number of morpholine rings is 1. The minimum absolute atomic E-state index is 0.000374. The Morgan fingerprint density at radius 2 is 1.57 bits per heavy atom. The lowest BCUT2D eigenvalue weighted by Crippen LogP contribution is -2.54. The summed E-state index contributed by atoms with van der Waals surface area (Å²) >= 11 is 6.08. The Morgan fingerprint density at radius 3 is 2.30 bits per heavy atom. The van der Waals surface area contributed by atoms with E-state index in [2.05, 4.69) is 17.0 Å². The zero-order valence-corrected chi connectivity index (χ0v) is 23.3. The Bertz CT molecular complexity index is 1370. The molecule has 1 saturated carbocycles. The van der Waals surface area contributed by atoms with Crippen LogP contribution >= 0.6 is 11.6 Å². The average Bonchev–Trinajstić information content (AvgIpc) is 3.01. The van der Waals surface area contributed by atoms with Crippen molar-refractivity contribution in [1.29, 1.82) is 0 Å². The molecule has 7 heteroatoms. The SMILES string of the molecule is O=C(c1ccc(/C=C2\OC3CCCCC3N(Cc3ccc(Cl)cc3)C2=O)cc1)N1CCN(c2ccccc2)CC1. The molecule has 2 heterocycles. The van der Waals surface area contributed by atoms with Crippen LogP contribution in [0.2, 0.25) is 5.02 Å². The van der Waals surface area contributed by atoms with Crippen LogP contribution in [0.15, 0.2) is 84.6 Å². The molecule has 3 fully saturated rings. The molecule has 2 unspecified atom stereocenters. The molecule has 0 radical (unpaired) electrons. The van der Waals surface area contributed by atoms with E-state index in [-0.39, 0.29) is 24.0 Å². The number of carbonyl (C=O) groups is 2. The van der Waals surface area contributed by atoms with E-state index in [0.29, 0.717) is 36.0 Å². The molecule has 2 saturated heterocycles. The van der Waals surface area contributed by atoms with Gasteiger partial charge in [-0.2, -0.15) is 0 Å². The highest BCUT2D eigenvalue weighted by Gasteiger charge is 2.41. The lowest BCUT2D eigenvalue weighted by molar-refractivity contribution is -0.149. The van der Waals surface area contributed by atoms with Gasteiger partial charge in [-0.3, -0.25) is 9.59 Å². The van der Waals surface area contributed by atoms with Gasteiger partial charge in [-0.15, -0.1) is 0 Å². The summed E-state index contributed by atoms with van der Waals surface area (Å²) in [5.74, 6) is 0.318. The molecule has 2 aliphatic heterocycles. The third kappa shape index (κ3) is 5.73. The maximum Gasteiger partial charge on any atom is 0.289 e. The van der Waals surface area contributed by atoms with Crippen LogP contribution in [0, 0.1) is 0 Å². The monoisotopic (exact) mass is 555 g/mol. The topological polar surface area (TPSA) is 53.1 Å². The van der Waals surface area contributed by atoms with Crippen LogP contribution in [0.3, 0.4) is 0 Å². The molecule has 3 aromatic carbocycles. The Hall–Kier alpha value is -3.77. The number of nitrogens with zero attached hydrogens (tertiary/aromatic N) is 3. The minimum atomic E-state index is -0.0884. The van der Waals surface area contributed by atoms with Gasteiger partial charge in [0.05, 0.1) is 6.04 Å². The maximum absolute atomic E-state index is 13.6. The Kier molecular flexibility index (Phi) is 7.78. The van der Waals surface area contributed by atoms with Crippen LogP contribution in [0.5, 0.6) is 0 Å². The molecule has 40 heavy (non-hydrogen) atoms. The number of hydrogen-bond donors (Lipinski definition) is 0. The highest BCUT2D eigenvalue weighted by atomic mass is 35.5. The molecule has 1 aliphatic carbocycles. The van der Waals surface area contributed by atoms with Crippen molar-refractivity contribution in [2.45, 2.75) is 44.4 Å². The fourth-order valence-corrected chi connectivity index (χ4v) is 6.14. The zero-order valence-electron chi connectivity index (χ0n) is 22.5. The molecule has 3 aromatic rings. The number of para-hydroxylation sites is 1. The van der Waals surface area contributed by atoms with E-state index in [1.54, 1.807) is 0 Å². The number of ether oxygens (including phenoxy) is 1. The van der Waals surface area contributed by atoms with Crippen molar-refractivity contribution in [2.75, 3.05) is 31.1 Å². The van der Waals surface area contributed by atoms with E-state index in [9.17, 15) is 9.59 Å². The maximum atomic E-state index is 13.6. The summed E-state index contributed by atoms with van der Waals surface area (Å²) in [6, 6.07) is 25.6. The van der Waals surface area contributed by atoms with Crippen molar-refractivity contribution >= 4 is 35.2 Å². The first-order valence-electron chi connectivity index (χ1n) is 14.2. The number of halogens is 1. The van der Waals surface area contributed by atoms with Crippen LogP contribution in [0.4, 0.5) is 5.69 Å². The summed E-state index contributed by atoms with van der Waals surface area (Å²) < 4.78 is 6.28. The molecule has 2 atom stereocenters. The summed E-state index contributed by atoms with van der Waals surface area (Å²) in [6.45, 7) is 3.53. The van der Waals surface area contributed by atoms with Gasteiger partial charge in [0.2, 0.25) is 0 Å². The second kappa shape index (κ2) is 11.8. The smallest absolute Gasteiger partial charge is 0.289 e. The molecule has 0 spiro atoms. The van der Waals surface area contributed by atoms with Gasteiger partial charge in [0.1, 0.15) is 6.10 Å². The van der Waals surface area contributed by atoms with Gasteiger partial charge < -0.3 is 19.4 Å². The summed E-state index contributed by atoms with van der Waals surface area (Å²) in [5.41, 5.74) is 3.74. The van der Waals surface area contributed by atoms with E-state index in [1.165, 1.54) is 5.69 Å². The Balaban J connectivity index is 1.14. The fraction of sp³-hybridized carbons (Fsp3) is 0.333. The summed E-state index contributed by atoms with van der Waals surface area (Å²) in [7, 11) is 0. The molecule has 2 amide bonds. The molecule has 6 nitrogen and oxygen atoms in total. The van der Waals surface area contributed by atoms with Crippen molar-refractivity contribution < 1.29 is 14.3 Å². The number of anilines is 1. The third-order valence-corrected chi connectivity index (χ3v) is 8.48. The van der Waals surface area contributed by atoms with Crippen LogP contribution < -0.4 is 4.90 Å². The number of carbonyl (C=O) groups excluding carboxylic acids is 2. The first kappa shape index (κ1) is 26.5. The summed E-state index contributed by atoms with van der Waals surface area (Å²) in [6.07, 6.45) is 5.92. The number of piperazine rings is 1. The lowest BCUT2D eigenvalue weighted by atomic mass is 9.89. The van der Waals surface area contributed by atoms with Gasteiger partial charge in [-0.05, 0) is 72.9 Å². The third-order valence-electron chi connectivity index (χ3n) is 8.23. The van der Waals surface area contributed by atoms with Crippen LogP contribution in [-0.4, -0.2) is 59.9 Å². The first-order chi connectivity index (χ1) is 19.5. The van der Waals surface area contributed by atoms with Crippen molar-refractivity contribution in [3.8, 4) is 0 Å². The predicted molar refractivity (Wildman–Crippen MR) is 158 cm³/mol.